The second kappa shape index (κ2) is 7.17. The van der Waals surface area contributed by atoms with Gasteiger partial charge in [-0.05, 0) is 37.9 Å². The predicted molar refractivity (Wildman–Crippen MR) is 95.0 cm³/mol. The van der Waals surface area contributed by atoms with Crippen molar-refractivity contribution in [2.24, 2.45) is 5.41 Å². The smallest absolute Gasteiger partial charge is 0.247 e. The average molecular weight is 356 g/mol. The Bertz CT molecular complexity index is 761. The van der Waals surface area contributed by atoms with E-state index in [0.29, 0.717) is 24.9 Å². The van der Waals surface area contributed by atoms with Crippen molar-refractivity contribution in [3.8, 4) is 11.5 Å². The Balaban J connectivity index is 1.42. The van der Waals surface area contributed by atoms with E-state index in [2.05, 4.69) is 15.1 Å². The molecule has 1 aromatic carbocycles. The van der Waals surface area contributed by atoms with E-state index < -0.39 is 0 Å². The van der Waals surface area contributed by atoms with E-state index in [-0.39, 0.29) is 17.9 Å². The minimum absolute atomic E-state index is 0.0236. The standard InChI is InChI=1S/C19H24N4O3/c24-12-11-23-9-4-7-19(18(23)25)8-10-22(14-19)13-16-20-21-17(26-16)15-5-2-1-3-6-15/h1-3,5-6,24H,4,7-14H2/t19-/m0/s1. The molecule has 0 unspecified atom stereocenters. The maximum atomic E-state index is 12.9. The van der Waals surface area contributed by atoms with E-state index in [1.807, 2.05) is 35.2 Å². The maximum Gasteiger partial charge on any atom is 0.247 e. The van der Waals surface area contributed by atoms with Gasteiger partial charge in [0.05, 0.1) is 18.6 Å². The molecular weight excluding hydrogens is 332 g/mol. The Morgan fingerprint density at radius 1 is 1.15 bits per heavy atom. The Morgan fingerprint density at radius 3 is 2.81 bits per heavy atom. The lowest BCUT2D eigenvalue weighted by molar-refractivity contribution is -0.146. The number of likely N-dealkylation sites (tertiary alicyclic amines) is 2. The number of nitrogens with zero attached hydrogens (tertiary/aromatic N) is 4. The van der Waals surface area contributed by atoms with Gasteiger partial charge in [-0.25, -0.2) is 0 Å². The molecule has 1 aromatic heterocycles. The third-order valence-electron chi connectivity index (χ3n) is 5.47. The Hall–Kier alpha value is -2.25. The number of hydrogen-bond acceptors (Lipinski definition) is 6. The van der Waals surface area contributed by atoms with E-state index in [0.717, 1.165) is 44.5 Å². The minimum Gasteiger partial charge on any atom is -0.419 e. The van der Waals surface area contributed by atoms with Crippen LogP contribution in [0.2, 0.25) is 0 Å². The van der Waals surface area contributed by atoms with Gasteiger partial charge in [-0.3, -0.25) is 9.69 Å². The van der Waals surface area contributed by atoms with Crippen molar-refractivity contribution < 1.29 is 14.3 Å². The number of aliphatic hydroxyl groups excluding tert-OH is 1. The van der Waals surface area contributed by atoms with Gasteiger partial charge in [0.15, 0.2) is 0 Å². The van der Waals surface area contributed by atoms with Crippen molar-refractivity contribution in [2.75, 3.05) is 32.8 Å². The Morgan fingerprint density at radius 2 is 2.00 bits per heavy atom. The molecular formula is C19H24N4O3. The van der Waals surface area contributed by atoms with Crippen molar-refractivity contribution in [1.82, 2.24) is 20.0 Å². The van der Waals surface area contributed by atoms with Gasteiger partial charge in [-0.1, -0.05) is 18.2 Å². The molecule has 2 fully saturated rings. The summed E-state index contributed by atoms with van der Waals surface area (Å²) in [6.45, 7) is 3.35. The number of aromatic nitrogens is 2. The molecule has 1 spiro atoms. The molecule has 138 valence electrons. The van der Waals surface area contributed by atoms with Gasteiger partial charge in [-0.15, -0.1) is 10.2 Å². The summed E-state index contributed by atoms with van der Waals surface area (Å²) < 4.78 is 5.80. The molecule has 2 aliphatic rings. The first-order valence-corrected chi connectivity index (χ1v) is 9.21. The molecule has 0 radical (unpaired) electrons. The molecule has 26 heavy (non-hydrogen) atoms. The van der Waals surface area contributed by atoms with Gasteiger partial charge in [0, 0.05) is 25.2 Å². The third kappa shape index (κ3) is 3.24. The monoisotopic (exact) mass is 356 g/mol. The van der Waals surface area contributed by atoms with E-state index in [1.54, 1.807) is 0 Å². The van der Waals surface area contributed by atoms with Gasteiger partial charge in [-0.2, -0.15) is 0 Å². The Labute approximate surface area is 152 Å². The highest BCUT2D eigenvalue weighted by Crippen LogP contribution is 2.40. The molecule has 4 rings (SSSR count). The summed E-state index contributed by atoms with van der Waals surface area (Å²) in [6.07, 6.45) is 2.77. The normalized spacial score (nSPS) is 23.9. The number of carbonyl (C=O) groups is 1. The number of amides is 1. The van der Waals surface area contributed by atoms with Crippen molar-refractivity contribution in [3.63, 3.8) is 0 Å². The lowest BCUT2D eigenvalue weighted by Gasteiger charge is -2.39. The van der Waals surface area contributed by atoms with Gasteiger partial charge < -0.3 is 14.4 Å². The first-order valence-electron chi connectivity index (χ1n) is 9.21. The first kappa shape index (κ1) is 17.2. The second-order valence-electron chi connectivity index (χ2n) is 7.23. The lowest BCUT2D eigenvalue weighted by Crippen LogP contribution is -2.50. The van der Waals surface area contributed by atoms with Gasteiger partial charge in [0.1, 0.15) is 0 Å². The molecule has 7 heteroatoms. The average Bonchev–Trinajstić information content (AvgIpc) is 3.29. The van der Waals surface area contributed by atoms with Gasteiger partial charge in [0.25, 0.3) is 0 Å². The van der Waals surface area contributed by atoms with E-state index in [1.165, 1.54) is 0 Å². The summed E-state index contributed by atoms with van der Waals surface area (Å²) in [4.78, 5) is 16.9. The number of rotatable bonds is 5. The summed E-state index contributed by atoms with van der Waals surface area (Å²) in [5.41, 5.74) is 0.599. The highest BCUT2D eigenvalue weighted by molar-refractivity contribution is 5.84. The van der Waals surface area contributed by atoms with Crippen LogP contribution in [-0.4, -0.2) is 63.8 Å². The highest BCUT2D eigenvalue weighted by atomic mass is 16.4. The van der Waals surface area contributed by atoms with Crippen LogP contribution in [0.3, 0.4) is 0 Å². The summed E-state index contributed by atoms with van der Waals surface area (Å²) >= 11 is 0. The summed E-state index contributed by atoms with van der Waals surface area (Å²) in [5.74, 6) is 1.30. The summed E-state index contributed by atoms with van der Waals surface area (Å²) in [6, 6.07) is 9.72. The maximum absolute atomic E-state index is 12.9. The zero-order valence-electron chi connectivity index (χ0n) is 14.8. The molecule has 7 nitrogen and oxygen atoms in total. The first-order chi connectivity index (χ1) is 12.7. The van der Waals surface area contributed by atoms with Crippen molar-refractivity contribution >= 4 is 5.91 Å². The lowest BCUT2D eigenvalue weighted by atomic mass is 9.78. The van der Waals surface area contributed by atoms with E-state index in [4.69, 9.17) is 4.42 Å². The number of hydrogen-bond donors (Lipinski definition) is 1. The van der Waals surface area contributed by atoms with Crippen molar-refractivity contribution in [3.05, 3.63) is 36.2 Å². The van der Waals surface area contributed by atoms with Crippen LogP contribution < -0.4 is 0 Å². The molecule has 0 bridgehead atoms. The molecule has 1 amide bonds. The van der Waals surface area contributed by atoms with Gasteiger partial charge in [0.2, 0.25) is 17.7 Å². The number of carbonyl (C=O) groups excluding carboxylic acids is 1. The zero-order chi connectivity index (χ0) is 18.0. The SMILES string of the molecule is O=C1N(CCO)CCC[C@@]12CCN(Cc1nnc(-c3ccccc3)o1)C2. The molecule has 1 atom stereocenters. The molecule has 3 heterocycles. The molecule has 2 saturated heterocycles. The van der Waals surface area contributed by atoms with E-state index >= 15 is 0 Å². The Kier molecular flexibility index (Phi) is 4.74. The van der Waals surface area contributed by atoms with Crippen LogP contribution >= 0.6 is 0 Å². The largest absolute Gasteiger partial charge is 0.419 e. The number of β-amino-alcohol motifs (C(OH)–C–C–N with tert-alkyl or cyclic N) is 1. The number of aliphatic hydroxyl groups is 1. The fourth-order valence-electron chi connectivity index (χ4n) is 4.16. The van der Waals surface area contributed by atoms with Crippen molar-refractivity contribution in [1.29, 1.82) is 0 Å². The predicted octanol–water partition coefficient (Wildman–Crippen LogP) is 1.54. The summed E-state index contributed by atoms with van der Waals surface area (Å²) in [5, 5.41) is 17.5. The van der Waals surface area contributed by atoms with Crippen LogP contribution in [0.4, 0.5) is 0 Å². The molecule has 2 aromatic rings. The number of benzene rings is 1. The molecule has 2 aliphatic heterocycles. The van der Waals surface area contributed by atoms with Crippen LogP contribution in [0.15, 0.2) is 34.7 Å². The summed E-state index contributed by atoms with van der Waals surface area (Å²) in [7, 11) is 0. The molecule has 0 saturated carbocycles. The highest BCUT2D eigenvalue weighted by Gasteiger charge is 2.48. The topological polar surface area (TPSA) is 82.7 Å². The van der Waals surface area contributed by atoms with Crippen LogP contribution in [0, 0.1) is 5.41 Å². The third-order valence-corrected chi connectivity index (χ3v) is 5.47. The van der Waals surface area contributed by atoms with Gasteiger partial charge >= 0.3 is 0 Å². The second-order valence-corrected chi connectivity index (χ2v) is 7.23. The van der Waals surface area contributed by atoms with Crippen molar-refractivity contribution in [2.45, 2.75) is 25.8 Å². The van der Waals surface area contributed by atoms with Crippen LogP contribution in [0.5, 0.6) is 0 Å². The molecule has 0 aliphatic carbocycles. The van der Waals surface area contributed by atoms with E-state index in [9.17, 15) is 9.90 Å². The van der Waals surface area contributed by atoms with Crippen LogP contribution in [0.1, 0.15) is 25.2 Å². The molecule has 1 N–H and O–H groups in total. The zero-order valence-corrected chi connectivity index (χ0v) is 14.8. The quantitative estimate of drug-likeness (QED) is 0.875. The minimum atomic E-state index is -0.310. The van der Waals surface area contributed by atoms with Crippen LogP contribution in [0.25, 0.3) is 11.5 Å². The number of piperidine rings is 1. The fourth-order valence-corrected chi connectivity index (χ4v) is 4.16. The fraction of sp³-hybridized carbons (Fsp3) is 0.526. The van der Waals surface area contributed by atoms with Crippen LogP contribution in [-0.2, 0) is 11.3 Å².